The van der Waals surface area contributed by atoms with Gasteiger partial charge in [0.1, 0.15) is 6.17 Å². The van der Waals surface area contributed by atoms with Gasteiger partial charge in [-0.3, -0.25) is 14.3 Å². The van der Waals surface area contributed by atoms with Gasteiger partial charge in [-0.25, -0.2) is 9.18 Å². The van der Waals surface area contributed by atoms with Gasteiger partial charge < -0.3 is 9.84 Å². The molecule has 0 spiro atoms. The van der Waals surface area contributed by atoms with Crippen LogP contribution < -0.4 is 11.2 Å². The maximum atomic E-state index is 13.5. The van der Waals surface area contributed by atoms with Gasteiger partial charge in [-0.2, -0.15) is 4.39 Å². The fraction of sp³-hybridized carbons (Fsp3) is 0.600. The van der Waals surface area contributed by atoms with Crippen LogP contribution in [0.25, 0.3) is 0 Å². The van der Waals surface area contributed by atoms with Crippen molar-refractivity contribution >= 4 is 11.6 Å². The zero-order valence-corrected chi connectivity index (χ0v) is 10.7. The van der Waals surface area contributed by atoms with Crippen molar-refractivity contribution < 1.29 is 18.6 Å². The van der Waals surface area contributed by atoms with Crippen molar-refractivity contribution in [2.75, 3.05) is 13.0 Å². The third-order valence-corrected chi connectivity index (χ3v) is 2.53. The van der Waals surface area contributed by atoms with Gasteiger partial charge >= 0.3 is 5.69 Å². The Hall–Kier alpha value is -1.25. The number of aromatic nitrogens is 2. The van der Waals surface area contributed by atoms with E-state index in [4.69, 9.17) is 9.84 Å². The minimum Gasteiger partial charge on any atom is -0.394 e. The smallest absolute Gasteiger partial charge is 0.330 e. The number of rotatable bonds is 2. The van der Waals surface area contributed by atoms with E-state index in [2.05, 4.69) is 11.6 Å². The van der Waals surface area contributed by atoms with Crippen molar-refractivity contribution in [3.8, 4) is 0 Å². The number of hydrogen-bond acceptors (Lipinski definition) is 4. The third kappa shape index (κ3) is 3.40. The molecule has 19 heavy (non-hydrogen) atoms. The lowest BCUT2D eigenvalue weighted by molar-refractivity contribution is -0.0399. The quantitative estimate of drug-likeness (QED) is 0.761. The Bertz CT molecular complexity index is 533. The van der Waals surface area contributed by atoms with Crippen LogP contribution in [0.3, 0.4) is 0 Å². The summed E-state index contributed by atoms with van der Waals surface area (Å²) in [7, 11) is 0. The summed E-state index contributed by atoms with van der Waals surface area (Å²) in [6, 6.07) is 0. The standard InChI is InChI=1S/C9H10F2N2O4.CH3Cl/c10-5-1-4(3-14)17-8(5)13-2-6(11)7(15)12-9(13)16;1-2/h2,4-5,8,14H,1,3H2,(H,12,15,16);1H3. The van der Waals surface area contributed by atoms with Crippen molar-refractivity contribution in [3.63, 3.8) is 0 Å². The highest BCUT2D eigenvalue weighted by molar-refractivity contribution is 6.15. The lowest BCUT2D eigenvalue weighted by atomic mass is 10.2. The van der Waals surface area contributed by atoms with Gasteiger partial charge in [-0.05, 0) is 0 Å². The average Bonchev–Trinajstić information content (AvgIpc) is 2.77. The Morgan fingerprint density at radius 3 is 2.74 bits per heavy atom. The Labute approximate surface area is 111 Å². The second-order valence-corrected chi connectivity index (χ2v) is 3.73. The highest BCUT2D eigenvalue weighted by Crippen LogP contribution is 2.29. The molecule has 0 amide bonds. The van der Waals surface area contributed by atoms with Crippen LogP contribution in [-0.4, -0.2) is 39.9 Å². The van der Waals surface area contributed by atoms with E-state index in [0.717, 1.165) is 0 Å². The van der Waals surface area contributed by atoms with E-state index < -0.39 is 42.2 Å². The lowest BCUT2D eigenvalue weighted by Gasteiger charge is -2.15. The summed E-state index contributed by atoms with van der Waals surface area (Å²) in [5, 5.41) is 8.81. The SMILES string of the molecule is CCl.O=c1[nH]c(=O)n(C2OC(CO)CC2F)cc1F. The molecule has 0 bridgehead atoms. The molecule has 1 saturated heterocycles. The minimum absolute atomic E-state index is 0.0889. The lowest BCUT2D eigenvalue weighted by Crippen LogP contribution is -2.36. The first kappa shape index (κ1) is 15.8. The van der Waals surface area contributed by atoms with E-state index in [1.54, 1.807) is 4.98 Å². The number of alkyl halides is 2. The minimum atomic E-state index is -1.55. The second kappa shape index (κ2) is 6.78. The molecule has 1 aromatic heterocycles. The molecule has 3 atom stereocenters. The predicted octanol–water partition coefficient (Wildman–Crippen LogP) is 0.149. The Morgan fingerprint density at radius 1 is 1.58 bits per heavy atom. The monoisotopic (exact) mass is 298 g/mol. The molecule has 2 rings (SSSR count). The number of halogens is 3. The van der Waals surface area contributed by atoms with Crippen LogP contribution in [-0.2, 0) is 4.74 Å². The van der Waals surface area contributed by atoms with E-state index in [9.17, 15) is 18.4 Å². The first-order chi connectivity index (χ1) is 9.02. The molecule has 2 heterocycles. The molecule has 0 radical (unpaired) electrons. The molecule has 3 unspecified atom stereocenters. The summed E-state index contributed by atoms with van der Waals surface area (Å²) in [5.74, 6) is -1.20. The highest BCUT2D eigenvalue weighted by atomic mass is 35.5. The first-order valence-corrected chi connectivity index (χ1v) is 6.07. The van der Waals surface area contributed by atoms with Crippen molar-refractivity contribution in [2.24, 2.45) is 0 Å². The summed E-state index contributed by atoms with van der Waals surface area (Å²) in [4.78, 5) is 23.8. The maximum Gasteiger partial charge on any atom is 0.330 e. The second-order valence-electron chi connectivity index (χ2n) is 3.73. The number of aromatic amines is 1. The van der Waals surface area contributed by atoms with Crippen LogP contribution in [0.5, 0.6) is 0 Å². The van der Waals surface area contributed by atoms with Crippen LogP contribution in [0, 0.1) is 5.82 Å². The van der Waals surface area contributed by atoms with E-state index in [-0.39, 0.29) is 6.42 Å². The van der Waals surface area contributed by atoms with Crippen LogP contribution in [0.1, 0.15) is 12.6 Å². The number of ether oxygens (including phenoxy) is 1. The van der Waals surface area contributed by atoms with Crippen LogP contribution in [0.15, 0.2) is 15.8 Å². The topological polar surface area (TPSA) is 84.3 Å². The van der Waals surface area contributed by atoms with Gasteiger partial charge in [0.2, 0.25) is 5.82 Å². The zero-order chi connectivity index (χ0) is 14.6. The van der Waals surface area contributed by atoms with Crippen molar-refractivity contribution in [1.29, 1.82) is 0 Å². The molecule has 0 aromatic carbocycles. The molecule has 0 aliphatic carbocycles. The van der Waals surface area contributed by atoms with Gasteiger partial charge in [-0.1, -0.05) is 0 Å². The summed E-state index contributed by atoms with van der Waals surface area (Å²) < 4.78 is 32.2. The van der Waals surface area contributed by atoms with E-state index in [1.807, 2.05) is 0 Å². The van der Waals surface area contributed by atoms with Crippen LogP contribution >= 0.6 is 11.6 Å². The summed E-state index contributed by atoms with van der Waals surface area (Å²) in [6.07, 6.45) is -1.63. The number of hydrogen-bond donors (Lipinski definition) is 2. The largest absolute Gasteiger partial charge is 0.394 e. The van der Waals surface area contributed by atoms with Gasteiger partial charge in [-0.15, -0.1) is 11.6 Å². The van der Waals surface area contributed by atoms with Gasteiger partial charge in [0.25, 0.3) is 5.56 Å². The summed E-state index contributed by atoms with van der Waals surface area (Å²) >= 11 is 4.64. The molecule has 1 aliphatic heterocycles. The Balaban J connectivity index is 0.000000861. The fourth-order valence-corrected chi connectivity index (χ4v) is 1.71. The van der Waals surface area contributed by atoms with Crippen molar-refractivity contribution in [2.45, 2.75) is 24.9 Å². The van der Waals surface area contributed by atoms with Crippen molar-refractivity contribution in [3.05, 3.63) is 32.9 Å². The van der Waals surface area contributed by atoms with Gasteiger partial charge in [0.05, 0.1) is 18.9 Å². The van der Waals surface area contributed by atoms with Crippen molar-refractivity contribution in [1.82, 2.24) is 9.55 Å². The molecule has 1 aliphatic rings. The van der Waals surface area contributed by atoms with Crippen LogP contribution in [0.4, 0.5) is 8.78 Å². The zero-order valence-electron chi connectivity index (χ0n) is 9.98. The summed E-state index contributed by atoms with van der Waals surface area (Å²) in [5.41, 5.74) is -2.12. The number of H-pyrrole nitrogens is 1. The predicted molar refractivity (Wildman–Crippen MR) is 63.6 cm³/mol. The number of aliphatic hydroxyl groups excluding tert-OH is 1. The molecule has 2 N–H and O–H groups in total. The number of aliphatic hydroxyl groups is 1. The molecule has 1 aromatic rings. The first-order valence-electron chi connectivity index (χ1n) is 5.32. The van der Waals surface area contributed by atoms with Crippen LogP contribution in [0.2, 0.25) is 0 Å². The molecule has 6 nitrogen and oxygen atoms in total. The summed E-state index contributed by atoms with van der Waals surface area (Å²) in [6.45, 7) is -0.391. The van der Waals surface area contributed by atoms with E-state index in [0.29, 0.717) is 10.8 Å². The Morgan fingerprint density at radius 2 is 2.21 bits per heavy atom. The molecule has 1 fully saturated rings. The Kier molecular flexibility index (Phi) is 5.64. The molecular weight excluding hydrogens is 286 g/mol. The molecule has 108 valence electrons. The molecule has 9 heteroatoms. The molecular formula is C10H13ClF2N2O4. The van der Waals surface area contributed by atoms with E-state index >= 15 is 0 Å². The highest BCUT2D eigenvalue weighted by Gasteiger charge is 2.37. The number of nitrogens with one attached hydrogen (secondary N) is 1. The normalized spacial score (nSPS) is 25.8. The number of nitrogens with zero attached hydrogens (tertiary/aromatic N) is 1. The molecule has 0 saturated carbocycles. The fourth-order valence-electron chi connectivity index (χ4n) is 1.71. The van der Waals surface area contributed by atoms with E-state index in [1.165, 1.54) is 6.38 Å². The van der Waals surface area contributed by atoms with Gasteiger partial charge in [0, 0.05) is 12.8 Å². The van der Waals surface area contributed by atoms with Gasteiger partial charge in [0.15, 0.2) is 6.23 Å². The third-order valence-electron chi connectivity index (χ3n) is 2.53. The average molecular weight is 299 g/mol. The maximum absolute atomic E-state index is 13.5.